The zero-order chi connectivity index (χ0) is 22.9. The van der Waals surface area contributed by atoms with E-state index >= 15 is 0 Å². The average molecular weight is 461 g/mol. The van der Waals surface area contributed by atoms with Crippen molar-refractivity contribution in [2.75, 3.05) is 0 Å². The Balaban J connectivity index is 1.56. The lowest BCUT2D eigenvalue weighted by Crippen LogP contribution is -2.43. The van der Waals surface area contributed by atoms with Gasteiger partial charge >= 0.3 is 0 Å². The first-order chi connectivity index (χ1) is 14.4. The SMILES string of the molecule is Cc1ccc(S(=O)(=O)OC2CCC(c3ccc(O[Si](C)(C)C(C)(C)C)cc3)CC2)cc1. The molecule has 0 bridgehead atoms. The maximum absolute atomic E-state index is 12.6. The quantitative estimate of drug-likeness (QED) is 0.351. The number of aryl methyl sites for hydroxylation is 1. The van der Waals surface area contributed by atoms with Crippen LogP contribution in [0.3, 0.4) is 0 Å². The van der Waals surface area contributed by atoms with Gasteiger partial charge in [-0.15, -0.1) is 0 Å². The molecule has 0 aromatic heterocycles. The van der Waals surface area contributed by atoms with Crippen molar-refractivity contribution in [3.05, 3.63) is 59.7 Å². The van der Waals surface area contributed by atoms with Crippen LogP contribution < -0.4 is 4.43 Å². The third-order valence-electron chi connectivity index (χ3n) is 6.78. The van der Waals surface area contributed by atoms with Crippen molar-refractivity contribution in [1.82, 2.24) is 0 Å². The molecule has 0 heterocycles. The summed E-state index contributed by atoms with van der Waals surface area (Å²) in [4.78, 5) is 0.234. The number of benzene rings is 2. The molecule has 1 aliphatic rings. The van der Waals surface area contributed by atoms with E-state index in [0.717, 1.165) is 37.0 Å². The van der Waals surface area contributed by atoms with Gasteiger partial charge in [-0.05, 0) is 86.5 Å². The van der Waals surface area contributed by atoms with Crippen LogP contribution in [-0.2, 0) is 14.3 Å². The smallest absolute Gasteiger partial charge is 0.297 e. The van der Waals surface area contributed by atoms with Gasteiger partial charge in [0.15, 0.2) is 0 Å². The fourth-order valence-electron chi connectivity index (χ4n) is 3.69. The first kappa shape index (κ1) is 24.0. The molecule has 0 aliphatic heterocycles. The largest absolute Gasteiger partial charge is 0.544 e. The molecule has 0 spiro atoms. The van der Waals surface area contributed by atoms with Gasteiger partial charge in [0.2, 0.25) is 8.32 Å². The maximum Gasteiger partial charge on any atom is 0.297 e. The van der Waals surface area contributed by atoms with E-state index in [2.05, 4.69) is 58.1 Å². The van der Waals surface area contributed by atoms with E-state index in [-0.39, 0.29) is 16.0 Å². The van der Waals surface area contributed by atoms with Gasteiger partial charge in [0.05, 0.1) is 11.0 Å². The van der Waals surface area contributed by atoms with Gasteiger partial charge in [-0.25, -0.2) is 0 Å². The predicted octanol–water partition coefficient (Wildman–Crippen LogP) is 6.81. The molecule has 6 heteroatoms. The molecule has 0 radical (unpaired) electrons. The molecule has 1 aliphatic carbocycles. The molecule has 0 unspecified atom stereocenters. The van der Waals surface area contributed by atoms with Gasteiger partial charge in [0.25, 0.3) is 10.1 Å². The molecule has 0 saturated heterocycles. The van der Waals surface area contributed by atoms with E-state index in [1.54, 1.807) is 24.3 Å². The Bertz CT molecular complexity index is 966. The summed E-state index contributed by atoms with van der Waals surface area (Å²) in [6.07, 6.45) is 3.10. The normalized spacial score (nSPS) is 20.5. The van der Waals surface area contributed by atoms with Crippen LogP contribution in [0.5, 0.6) is 5.75 Å². The molecular weight excluding hydrogens is 424 g/mol. The number of rotatable bonds is 6. The van der Waals surface area contributed by atoms with Gasteiger partial charge in [-0.1, -0.05) is 50.6 Å². The average Bonchev–Trinajstić information content (AvgIpc) is 2.68. The van der Waals surface area contributed by atoms with E-state index in [4.69, 9.17) is 8.61 Å². The van der Waals surface area contributed by atoms with Crippen molar-refractivity contribution in [3.63, 3.8) is 0 Å². The molecule has 3 rings (SSSR count). The fraction of sp³-hybridized carbons (Fsp3) is 0.520. The highest BCUT2D eigenvalue weighted by Crippen LogP contribution is 2.39. The fourth-order valence-corrected chi connectivity index (χ4v) is 5.85. The summed E-state index contributed by atoms with van der Waals surface area (Å²) in [5.74, 6) is 1.38. The van der Waals surface area contributed by atoms with Crippen molar-refractivity contribution in [1.29, 1.82) is 0 Å². The molecule has 0 amide bonds. The summed E-state index contributed by atoms with van der Waals surface area (Å²) in [5, 5.41) is 0.170. The summed E-state index contributed by atoms with van der Waals surface area (Å²) >= 11 is 0. The second-order valence-electron chi connectivity index (χ2n) is 10.3. The van der Waals surface area contributed by atoms with Crippen molar-refractivity contribution in [2.45, 2.75) is 88.4 Å². The van der Waals surface area contributed by atoms with Crippen molar-refractivity contribution in [3.8, 4) is 5.75 Å². The highest BCUT2D eigenvalue weighted by Gasteiger charge is 2.39. The molecule has 170 valence electrons. The summed E-state index contributed by atoms with van der Waals surface area (Å²) in [5.41, 5.74) is 2.32. The Morgan fingerprint density at radius 1 is 0.871 bits per heavy atom. The predicted molar refractivity (Wildman–Crippen MR) is 129 cm³/mol. The van der Waals surface area contributed by atoms with E-state index in [9.17, 15) is 8.42 Å². The molecular formula is C25H36O4SSi. The minimum absolute atomic E-state index is 0.170. The van der Waals surface area contributed by atoms with Gasteiger partial charge < -0.3 is 4.43 Å². The van der Waals surface area contributed by atoms with Crippen LogP contribution in [0.15, 0.2) is 53.4 Å². The molecule has 31 heavy (non-hydrogen) atoms. The van der Waals surface area contributed by atoms with Crippen molar-refractivity contribution in [2.24, 2.45) is 0 Å². The maximum atomic E-state index is 12.6. The van der Waals surface area contributed by atoms with E-state index < -0.39 is 18.4 Å². The molecule has 1 fully saturated rings. The van der Waals surface area contributed by atoms with E-state index in [1.807, 2.05) is 6.92 Å². The zero-order valence-electron chi connectivity index (χ0n) is 19.6. The van der Waals surface area contributed by atoms with Crippen LogP contribution in [0.2, 0.25) is 18.1 Å². The van der Waals surface area contributed by atoms with Gasteiger partial charge in [0, 0.05) is 0 Å². The number of hydrogen-bond donors (Lipinski definition) is 0. The first-order valence-electron chi connectivity index (χ1n) is 11.2. The monoisotopic (exact) mass is 460 g/mol. The summed E-state index contributed by atoms with van der Waals surface area (Å²) in [6, 6.07) is 15.3. The van der Waals surface area contributed by atoms with Crippen LogP contribution >= 0.6 is 0 Å². The minimum Gasteiger partial charge on any atom is -0.544 e. The van der Waals surface area contributed by atoms with Gasteiger partial charge in [-0.2, -0.15) is 8.42 Å². The zero-order valence-corrected chi connectivity index (χ0v) is 21.5. The Morgan fingerprint density at radius 2 is 1.42 bits per heavy atom. The molecule has 2 aromatic carbocycles. The molecule has 1 saturated carbocycles. The Hall–Kier alpha value is -1.63. The minimum atomic E-state index is -3.71. The van der Waals surface area contributed by atoms with Crippen LogP contribution in [-0.4, -0.2) is 22.8 Å². The van der Waals surface area contributed by atoms with Crippen LogP contribution in [0.1, 0.15) is 63.5 Å². The van der Waals surface area contributed by atoms with Crippen molar-refractivity contribution >= 4 is 18.4 Å². The Labute approximate surface area is 189 Å². The topological polar surface area (TPSA) is 52.6 Å². The van der Waals surface area contributed by atoms with E-state index in [0.29, 0.717) is 5.92 Å². The highest BCUT2D eigenvalue weighted by molar-refractivity contribution is 7.86. The first-order valence-corrected chi connectivity index (χ1v) is 15.5. The highest BCUT2D eigenvalue weighted by atomic mass is 32.2. The standard InChI is InChI=1S/C25H36O4SSi/c1-19-7-17-24(18-8-19)30(26,27)28-22-13-9-20(10-14-22)21-11-15-23(16-12-21)29-31(5,6)25(2,3)4/h7-8,11-12,15-18,20,22H,9-10,13-14H2,1-6H3. The lowest BCUT2D eigenvalue weighted by Gasteiger charge is -2.36. The summed E-state index contributed by atoms with van der Waals surface area (Å²) in [6.45, 7) is 13.2. The van der Waals surface area contributed by atoms with Gasteiger partial charge in [0.1, 0.15) is 5.75 Å². The molecule has 0 N–H and O–H groups in total. The lowest BCUT2D eigenvalue weighted by atomic mass is 9.83. The van der Waals surface area contributed by atoms with Crippen LogP contribution in [0, 0.1) is 6.92 Å². The summed E-state index contributed by atoms with van der Waals surface area (Å²) in [7, 11) is -5.55. The van der Waals surface area contributed by atoms with Crippen LogP contribution in [0.4, 0.5) is 0 Å². The summed E-state index contributed by atoms with van der Waals surface area (Å²) < 4.78 is 37.0. The second-order valence-corrected chi connectivity index (χ2v) is 16.6. The third kappa shape index (κ3) is 5.99. The molecule has 0 atom stereocenters. The van der Waals surface area contributed by atoms with Crippen molar-refractivity contribution < 1.29 is 17.0 Å². The number of hydrogen-bond acceptors (Lipinski definition) is 4. The lowest BCUT2D eigenvalue weighted by molar-refractivity contribution is 0.153. The second kappa shape index (κ2) is 9.08. The van der Waals surface area contributed by atoms with E-state index in [1.165, 1.54) is 5.56 Å². The van der Waals surface area contributed by atoms with Gasteiger partial charge in [-0.3, -0.25) is 4.18 Å². The van der Waals surface area contributed by atoms with Crippen LogP contribution in [0.25, 0.3) is 0 Å². The molecule has 2 aromatic rings. The Kier molecular flexibility index (Phi) is 7.04. The molecule has 4 nitrogen and oxygen atoms in total. The third-order valence-corrected chi connectivity index (χ3v) is 12.5. The Morgan fingerprint density at radius 3 is 1.94 bits per heavy atom.